The van der Waals surface area contributed by atoms with E-state index in [1.165, 1.54) is 6.08 Å². The Kier molecular flexibility index (Phi) is 3.59. The summed E-state index contributed by atoms with van der Waals surface area (Å²) in [6.07, 6.45) is -1.64. The lowest BCUT2D eigenvalue weighted by atomic mass is 9.84. The Bertz CT molecular complexity index is 218. The lowest BCUT2D eigenvalue weighted by Gasteiger charge is -2.26. The number of allylic oxidation sites excluding steroid dienone is 1. The van der Waals surface area contributed by atoms with Gasteiger partial charge in [0, 0.05) is 0 Å². The van der Waals surface area contributed by atoms with Gasteiger partial charge in [-0.1, -0.05) is 11.6 Å². The minimum Gasteiger partial charge on any atom is -0.389 e. The quantitative estimate of drug-likeness (QED) is 0.656. The van der Waals surface area contributed by atoms with E-state index in [0.717, 1.165) is 5.57 Å². The first kappa shape index (κ1) is 11.6. The third-order valence-electron chi connectivity index (χ3n) is 2.50. The first-order valence-electron chi connectivity index (χ1n) is 4.84. The molecule has 4 heteroatoms. The van der Waals surface area contributed by atoms with Crippen LogP contribution in [0, 0.1) is 5.92 Å². The molecule has 1 rings (SSSR count). The average Bonchev–Trinajstić information content (AvgIpc) is 2.01. The Morgan fingerprint density at radius 1 is 1.50 bits per heavy atom. The highest BCUT2D eigenvalue weighted by Crippen LogP contribution is 2.39. The first-order chi connectivity index (χ1) is 6.39. The Balaban J connectivity index is 2.61. The van der Waals surface area contributed by atoms with Crippen LogP contribution >= 0.6 is 0 Å². The van der Waals surface area contributed by atoms with E-state index in [-0.39, 0.29) is 12.8 Å². The van der Waals surface area contributed by atoms with Crippen LogP contribution in [0.25, 0.3) is 0 Å². The fraction of sp³-hybridized carbons (Fsp3) is 0.800. The number of aliphatic hydroxyl groups is 1. The largest absolute Gasteiger partial charge is 0.392 e. The molecule has 1 aliphatic carbocycles. The van der Waals surface area contributed by atoms with E-state index < -0.39 is 18.2 Å². The van der Waals surface area contributed by atoms with Crippen molar-refractivity contribution in [3.05, 3.63) is 11.6 Å². The van der Waals surface area contributed by atoms with Crippen molar-refractivity contribution in [1.82, 2.24) is 0 Å². The third-order valence-corrected chi connectivity index (χ3v) is 2.50. The van der Waals surface area contributed by atoms with Crippen LogP contribution in [-0.2, 0) is 0 Å². The number of hydrogen-bond donors (Lipinski definition) is 1. The number of alkyl halides is 3. The molecule has 0 heterocycles. The number of rotatable bonds is 1. The van der Waals surface area contributed by atoms with Crippen molar-refractivity contribution in [2.45, 2.75) is 44.9 Å². The molecule has 1 saturated carbocycles. The van der Waals surface area contributed by atoms with Crippen molar-refractivity contribution < 1.29 is 18.3 Å². The molecule has 1 N–H and O–H groups in total. The van der Waals surface area contributed by atoms with Gasteiger partial charge in [-0.2, -0.15) is 13.2 Å². The van der Waals surface area contributed by atoms with Crippen molar-refractivity contribution in [3.8, 4) is 0 Å². The second-order valence-corrected chi connectivity index (χ2v) is 3.90. The van der Waals surface area contributed by atoms with Crippen LogP contribution in [0.2, 0.25) is 0 Å². The molecule has 1 aliphatic rings. The molecule has 14 heavy (non-hydrogen) atoms. The molecule has 0 amide bonds. The highest BCUT2D eigenvalue weighted by molar-refractivity contribution is 5.08. The summed E-state index contributed by atoms with van der Waals surface area (Å²) in [5.74, 6) is -1.21. The summed E-state index contributed by atoms with van der Waals surface area (Å²) < 4.78 is 37.1. The minimum absolute atomic E-state index is 0.0639. The van der Waals surface area contributed by atoms with Gasteiger partial charge in [0.05, 0.1) is 12.0 Å². The van der Waals surface area contributed by atoms with Crippen LogP contribution in [0.5, 0.6) is 0 Å². The molecular formula is C10H15F3O. The predicted octanol–water partition coefficient (Wildman–Crippen LogP) is 3.05. The average molecular weight is 208 g/mol. The molecule has 2 atom stereocenters. The summed E-state index contributed by atoms with van der Waals surface area (Å²) in [7, 11) is 0. The van der Waals surface area contributed by atoms with E-state index in [0.29, 0.717) is 12.8 Å². The fourth-order valence-electron chi connectivity index (χ4n) is 1.87. The minimum atomic E-state index is -4.09. The zero-order chi connectivity index (χ0) is 10.8. The summed E-state index contributed by atoms with van der Waals surface area (Å²) in [5, 5.41) is 9.04. The van der Waals surface area contributed by atoms with Crippen LogP contribution in [0.3, 0.4) is 0 Å². The molecule has 0 aromatic carbocycles. The number of hydrogen-bond acceptors (Lipinski definition) is 1. The Morgan fingerprint density at radius 3 is 2.64 bits per heavy atom. The zero-order valence-corrected chi connectivity index (χ0v) is 8.14. The molecule has 0 aliphatic heterocycles. The van der Waals surface area contributed by atoms with Crippen molar-refractivity contribution in [1.29, 1.82) is 0 Å². The van der Waals surface area contributed by atoms with Gasteiger partial charge in [0.15, 0.2) is 0 Å². The molecule has 0 radical (unpaired) electrons. The summed E-state index contributed by atoms with van der Waals surface area (Å²) in [6.45, 7) is 1.56. The molecule has 2 unspecified atom stereocenters. The summed E-state index contributed by atoms with van der Waals surface area (Å²) in [4.78, 5) is 0. The topological polar surface area (TPSA) is 20.2 Å². The SMILES string of the molecule is CC(O)/C=C1/CCCC(C(F)(F)F)C1. The van der Waals surface area contributed by atoms with Crippen LogP contribution in [0.1, 0.15) is 32.6 Å². The molecule has 0 aromatic rings. The van der Waals surface area contributed by atoms with Gasteiger partial charge in [-0.3, -0.25) is 0 Å². The molecule has 0 spiro atoms. The van der Waals surface area contributed by atoms with Gasteiger partial charge in [0.25, 0.3) is 0 Å². The standard InChI is InChI=1S/C10H15F3O/c1-7(14)5-8-3-2-4-9(6-8)10(11,12)13/h5,7,9,14H,2-4,6H2,1H3/b8-5-. The fourth-order valence-corrected chi connectivity index (χ4v) is 1.87. The lowest BCUT2D eigenvalue weighted by Crippen LogP contribution is -2.26. The van der Waals surface area contributed by atoms with Crippen molar-refractivity contribution in [2.24, 2.45) is 5.92 Å². The first-order valence-corrected chi connectivity index (χ1v) is 4.84. The van der Waals surface area contributed by atoms with E-state index in [4.69, 9.17) is 5.11 Å². The van der Waals surface area contributed by atoms with E-state index >= 15 is 0 Å². The third kappa shape index (κ3) is 3.33. The van der Waals surface area contributed by atoms with Crippen molar-refractivity contribution in [3.63, 3.8) is 0 Å². The molecular weight excluding hydrogens is 193 g/mol. The summed E-state index contributed by atoms with van der Waals surface area (Å²) >= 11 is 0. The van der Waals surface area contributed by atoms with Crippen molar-refractivity contribution in [2.75, 3.05) is 0 Å². The zero-order valence-electron chi connectivity index (χ0n) is 8.14. The Labute approximate surface area is 81.6 Å². The van der Waals surface area contributed by atoms with Crippen LogP contribution in [0.4, 0.5) is 13.2 Å². The second-order valence-electron chi connectivity index (χ2n) is 3.90. The second kappa shape index (κ2) is 4.34. The highest BCUT2D eigenvalue weighted by atomic mass is 19.4. The van der Waals surface area contributed by atoms with Gasteiger partial charge in [-0.05, 0) is 32.6 Å². The Hall–Kier alpha value is -0.510. The monoisotopic (exact) mass is 208 g/mol. The normalized spacial score (nSPS) is 29.2. The van der Waals surface area contributed by atoms with E-state index in [2.05, 4.69) is 0 Å². The molecule has 1 fully saturated rings. The van der Waals surface area contributed by atoms with Gasteiger partial charge in [0.2, 0.25) is 0 Å². The van der Waals surface area contributed by atoms with E-state index in [1.807, 2.05) is 0 Å². The Morgan fingerprint density at radius 2 is 2.14 bits per heavy atom. The number of halogens is 3. The molecule has 0 saturated heterocycles. The van der Waals surface area contributed by atoms with Crippen LogP contribution in [0.15, 0.2) is 11.6 Å². The lowest BCUT2D eigenvalue weighted by molar-refractivity contribution is -0.178. The van der Waals surface area contributed by atoms with Gasteiger partial charge in [0.1, 0.15) is 0 Å². The molecule has 0 aromatic heterocycles. The molecule has 82 valence electrons. The van der Waals surface area contributed by atoms with Crippen molar-refractivity contribution >= 4 is 0 Å². The van der Waals surface area contributed by atoms with Gasteiger partial charge in [-0.25, -0.2) is 0 Å². The smallest absolute Gasteiger partial charge is 0.389 e. The summed E-state index contributed by atoms with van der Waals surface area (Å²) in [6, 6.07) is 0. The molecule has 0 bridgehead atoms. The van der Waals surface area contributed by atoms with Crippen LogP contribution in [-0.4, -0.2) is 17.4 Å². The predicted molar refractivity (Wildman–Crippen MR) is 47.8 cm³/mol. The number of aliphatic hydroxyl groups excluding tert-OH is 1. The van der Waals surface area contributed by atoms with E-state index in [1.54, 1.807) is 6.92 Å². The van der Waals surface area contributed by atoms with Gasteiger partial charge >= 0.3 is 6.18 Å². The van der Waals surface area contributed by atoms with Gasteiger partial charge in [-0.15, -0.1) is 0 Å². The molecule has 1 nitrogen and oxygen atoms in total. The van der Waals surface area contributed by atoms with Crippen LogP contribution < -0.4 is 0 Å². The maximum Gasteiger partial charge on any atom is 0.392 e. The highest BCUT2D eigenvalue weighted by Gasteiger charge is 2.40. The maximum absolute atomic E-state index is 12.4. The van der Waals surface area contributed by atoms with E-state index in [9.17, 15) is 13.2 Å². The maximum atomic E-state index is 12.4. The van der Waals surface area contributed by atoms with Gasteiger partial charge < -0.3 is 5.11 Å². The summed E-state index contributed by atoms with van der Waals surface area (Å²) in [5.41, 5.74) is 0.744.